The minimum absolute atomic E-state index is 0.200. The second kappa shape index (κ2) is 17.3. The van der Waals surface area contributed by atoms with Gasteiger partial charge in [-0.3, -0.25) is 9.59 Å². The Hall–Kier alpha value is -4.38. The van der Waals surface area contributed by atoms with E-state index < -0.39 is 0 Å². The van der Waals surface area contributed by atoms with E-state index >= 15 is 0 Å². The molecule has 0 atom stereocenters. The third-order valence-electron chi connectivity index (χ3n) is 6.82. The molecular weight excluding hydrogens is 496 g/mol. The highest BCUT2D eigenvalue weighted by atomic mass is 16.5. The zero-order valence-corrected chi connectivity index (χ0v) is 23.5. The molecule has 0 unspecified atom stereocenters. The van der Waals surface area contributed by atoms with Crippen molar-refractivity contribution in [2.75, 3.05) is 0 Å². The average molecular weight is 533 g/mol. The molecule has 1 aliphatic rings. The van der Waals surface area contributed by atoms with Gasteiger partial charge in [-0.2, -0.15) is 0 Å². The molecule has 0 bridgehead atoms. The summed E-state index contributed by atoms with van der Waals surface area (Å²) in [6, 6.07) is 14.8. The predicted octanol–water partition coefficient (Wildman–Crippen LogP) is 6.90. The SMILES string of the molecule is CC#CC#CC#CC#Cc1ccc(OC(=O)C2CCC(C(=O)Oc3ccc(CCCCCCC)cc3)CC2)cc1. The largest absolute Gasteiger partial charge is 0.426 e. The molecule has 0 N–H and O–H groups in total. The molecule has 2 aromatic carbocycles. The second-order valence-electron chi connectivity index (χ2n) is 9.85. The van der Waals surface area contributed by atoms with Gasteiger partial charge in [-0.15, -0.1) is 0 Å². The first-order valence-corrected chi connectivity index (χ1v) is 14.1. The maximum Gasteiger partial charge on any atom is 0.314 e. The van der Waals surface area contributed by atoms with E-state index in [0.29, 0.717) is 37.2 Å². The van der Waals surface area contributed by atoms with Crippen molar-refractivity contribution in [2.24, 2.45) is 11.8 Å². The zero-order chi connectivity index (χ0) is 28.4. The molecule has 4 heteroatoms. The molecule has 0 spiro atoms. The Morgan fingerprint density at radius 2 is 1.18 bits per heavy atom. The summed E-state index contributed by atoms with van der Waals surface area (Å²) in [6.45, 7) is 3.93. The molecule has 4 nitrogen and oxygen atoms in total. The fourth-order valence-electron chi connectivity index (χ4n) is 4.52. The Bertz CT molecular complexity index is 1360. The molecular formula is C36H36O4. The summed E-state index contributed by atoms with van der Waals surface area (Å²) in [5.74, 6) is 21.5. The molecule has 1 saturated carbocycles. The van der Waals surface area contributed by atoms with Crippen LogP contribution < -0.4 is 9.47 Å². The lowest BCUT2D eigenvalue weighted by atomic mass is 9.82. The van der Waals surface area contributed by atoms with Crippen molar-refractivity contribution in [2.45, 2.75) is 78.1 Å². The standard InChI is InChI=1S/C36H36O4/c1-3-5-7-9-10-12-14-16-30-19-27-34(28-20-30)40-36(38)32-23-21-31(22-24-32)35(37)39-33-25-17-29(18-26-33)15-13-11-8-6-4-2/h17-20,25-28,31-32H,4,6,8,11,13,15,21-24H2,1-2H3. The van der Waals surface area contributed by atoms with Crippen LogP contribution in [0.1, 0.15) is 82.8 Å². The van der Waals surface area contributed by atoms with E-state index in [2.05, 4.69) is 54.3 Å². The van der Waals surface area contributed by atoms with Crippen LogP contribution >= 0.6 is 0 Å². The summed E-state index contributed by atoms with van der Waals surface area (Å²) in [4.78, 5) is 25.4. The monoisotopic (exact) mass is 532 g/mol. The van der Waals surface area contributed by atoms with Crippen LogP contribution in [0.15, 0.2) is 48.5 Å². The second-order valence-corrected chi connectivity index (χ2v) is 9.85. The Kier molecular flexibility index (Phi) is 13.0. The lowest BCUT2D eigenvalue weighted by Gasteiger charge is -2.25. The molecule has 0 saturated heterocycles. The fourth-order valence-corrected chi connectivity index (χ4v) is 4.52. The van der Waals surface area contributed by atoms with E-state index in [1.165, 1.54) is 37.7 Å². The maximum absolute atomic E-state index is 12.7. The highest BCUT2D eigenvalue weighted by molar-refractivity contribution is 5.77. The smallest absolute Gasteiger partial charge is 0.314 e. The van der Waals surface area contributed by atoms with Crippen LogP contribution in [0.2, 0.25) is 0 Å². The number of unbranched alkanes of at least 4 members (excludes halogenated alkanes) is 4. The van der Waals surface area contributed by atoms with Crippen molar-refractivity contribution in [3.63, 3.8) is 0 Å². The summed E-state index contributed by atoms with van der Waals surface area (Å²) in [7, 11) is 0. The Morgan fingerprint density at radius 3 is 1.73 bits per heavy atom. The Balaban J connectivity index is 1.39. The van der Waals surface area contributed by atoms with Gasteiger partial charge in [0.25, 0.3) is 0 Å². The lowest BCUT2D eigenvalue weighted by Crippen LogP contribution is -2.30. The quantitative estimate of drug-likeness (QED) is 0.145. The highest BCUT2D eigenvalue weighted by Crippen LogP contribution is 2.31. The van der Waals surface area contributed by atoms with Gasteiger partial charge >= 0.3 is 11.9 Å². The first-order chi connectivity index (χ1) is 19.6. The van der Waals surface area contributed by atoms with Crippen molar-refractivity contribution >= 4 is 11.9 Å². The van der Waals surface area contributed by atoms with Crippen LogP contribution in [-0.4, -0.2) is 11.9 Å². The van der Waals surface area contributed by atoms with Gasteiger partial charge in [0, 0.05) is 5.56 Å². The summed E-state index contributed by atoms with van der Waals surface area (Å²) >= 11 is 0. The first-order valence-electron chi connectivity index (χ1n) is 14.1. The molecule has 0 amide bonds. The van der Waals surface area contributed by atoms with Crippen molar-refractivity contribution < 1.29 is 19.1 Å². The number of rotatable bonds is 10. The molecule has 1 fully saturated rings. The van der Waals surface area contributed by atoms with Gasteiger partial charge in [0.2, 0.25) is 0 Å². The lowest BCUT2D eigenvalue weighted by molar-refractivity contribution is -0.145. The number of hydrogen-bond donors (Lipinski definition) is 0. The number of benzene rings is 2. The molecule has 3 rings (SSSR count). The summed E-state index contributed by atoms with van der Waals surface area (Å²) in [5, 5.41) is 0. The van der Waals surface area contributed by atoms with Gasteiger partial charge in [-0.05, 0) is 123 Å². The third kappa shape index (κ3) is 10.8. The fraction of sp³-hybridized carbons (Fsp3) is 0.389. The molecule has 0 heterocycles. The van der Waals surface area contributed by atoms with Crippen LogP contribution in [0.4, 0.5) is 0 Å². The maximum atomic E-state index is 12.7. The van der Waals surface area contributed by atoms with E-state index in [1.54, 1.807) is 31.2 Å². The topological polar surface area (TPSA) is 52.6 Å². The van der Waals surface area contributed by atoms with E-state index in [1.807, 2.05) is 24.3 Å². The Morgan fingerprint density at radius 1 is 0.675 bits per heavy atom. The van der Waals surface area contributed by atoms with Crippen molar-refractivity contribution in [1.82, 2.24) is 0 Å². The van der Waals surface area contributed by atoms with Crippen LogP contribution in [0.5, 0.6) is 11.5 Å². The number of carbonyl (C=O) groups is 2. The van der Waals surface area contributed by atoms with Crippen LogP contribution in [0.25, 0.3) is 0 Å². The highest BCUT2D eigenvalue weighted by Gasteiger charge is 2.32. The number of esters is 2. The zero-order valence-electron chi connectivity index (χ0n) is 23.5. The number of hydrogen-bond acceptors (Lipinski definition) is 4. The Labute approximate surface area is 239 Å². The van der Waals surface area contributed by atoms with Crippen LogP contribution in [0, 0.1) is 59.2 Å². The van der Waals surface area contributed by atoms with Crippen molar-refractivity contribution in [3.8, 4) is 58.9 Å². The van der Waals surface area contributed by atoms with Gasteiger partial charge < -0.3 is 9.47 Å². The molecule has 40 heavy (non-hydrogen) atoms. The number of carbonyl (C=O) groups excluding carboxylic acids is 2. The molecule has 0 aliphatic heterocycles. The van der Waals surface area contributed by atoms with Crippen molar-refractivity contribution in [3.05, 3.63) is 59.7 Å². The molecule has 204 valence electrons. The number of ether oxygens (including phenoxy) is 2. The van der Waals surface area contributed by atoms with Crippen molar-refractivity contribution in [1.29, 1.82) is 0 Å². The summed E-state index contributed by atoms with van der Waals surface area (Å²) in [5.41, 5.74) is 2.03. The van der Waals surface area contributed by atoms with Crippen LogP contribution in [-0.2, 0) is 16.0 Å². The van der Waals surface area contributed by atoms with E-state index in [0.717, 1.165) is 12.0 Å². The van der Waals surface area contributed by atoms with Gasteiger partial charge in [0.15, 0.2) is 0 Å². The summed E-state index contributed by atoms with van der Waals surface area (Å²) in [6.07, 6.45) is 9.76. The average Bonchev–Trinajstić information content (AvgIpc) is 2.98. The van der Waals surface area contributed by atoms with Crippen LogP contribution in [0.3, 0.4) is 0 Å². The first kappa shape index (κ1) is 30.2. The van der Waals surface area contributed by atoms with Gasteiger partial charge in [-0.25, -0.2) is 0 Å². The minimum atomic E-state index is -0.268. The third-order valence-corrected chi connectivity index (χ3v) is 6.82. The summed E-state index contributed by atoms with van der Waals surface area (Å²) < 4.78 is 11.2. The number of aryl methyl sites for hydroxylation is 1. The van der Waals surface area contributed by atoms with E-state index in [-0.39, 0.29) is 23.8 Å². The van der Waals surface area contributed by atoms with Gasteiger partial charge in [0.05, 0.1) is 11.8 Å². The van der Waals surface area contributed by atoms with E-state index in [9.17, 15) is 9.59 Å². The molecule has 0 aromatic heterocycles. The normalized spacial score (nSPS) is 15.3. The van der Waals surface area contributed by atoms with Gasteiger partial charge in [0.1, 0.15) is 11.5 Å². The van der Waals surface area contributed by atoms with Gasteiger partial charge in [-0.1, -0.05) is 56.6 Å². The van der Waals surface area contributed by atoms with E-state index in [4.69, 9.17) is 9.47 Å². The molecule has 1 aliphatic carbocycles. The predicted molar refractivity (Wildman–Crippen MR) is 158 cm³/mol. The molecule has 0 radical (unpaired) electrons. The minimum Gasteiger partial charge on any atom is -0.426 e. The molecule has 2 aromatic rings.